The molecule has 1 heteroatoms. The molecule has 0 fully saturated rings. The fourth-order valence-corrected chi connectivity index (χ4v) is 6.16. The normalized spacial score (nSPS) is 11.4. The molecule has 7 aromatic carbocycles. The Morgan fingerprint density at radius 2 is 1.00 bits per heavy atom. The Morgan fingerprint density at radius 1 is 0.357 bits per heavy atom. The molecular weight excluding hydrogens is 508 g/mol. The standard InChI is InChI=1S/C41H28O/c1-2-10-30(11-3-1)31-21-19-28(20-22-31)25-29-9-6-13-33(26-29)34-14-7-15-35(27-34)37-17-8-18-38-39-24-23-32-12-4-5-16-36(32)40(39)42-41(37)38/h1-24,26-27H,25H2. The minimum Gasteiger partial charge on any atom is -0.455 e. The van der Waals surface area contributed by atoms with Crippen molar-refractivity contribution in [1.29, 1.82) is 0 Å². The van der Waals surface area contributed by atoms with Crippen molar-refractivity contribution in [2.24, 2.45) is 0 Å². The van der Waals surface area contributed by atoms with Gasteiger partial charge in [-0.3, -0.25) is 0 Å². The van der Waals surface area contributed by atoms with Gasteiger partial charge in [0.1, 0.15) is 11.2 Å². The lowest BCUT2D eigenvalue weighted by molar-refractivity contribution is 0.674. The first-order chi connectivity index (χ1) is 20.8. The van der Waals surface area contributed by atoms with Crippen LogP contribution in [0.5, 0.6) is 0 Å². The second-order valence-electron chi connectivity index (χ2n) is 11.0. The molecule has 0 atom stereocenters. The first-order valence-corrected chi connectivity index (χ1v) is 14.5. The Bertz CT molecular complexity index is 2200. The van der Waals surface area contributed by atoms with Gasteiger partial charge in [0, 0.05) is 21.7 Å². The third-order valence-electron chi connectivity index (χ3n) is 8.29. The average Bonchev–Trinajstić information content (AvgIpc) is 3.45. The van der Waals surface area contributed by atoms with Gasteiger partial charge in [-0.2, -0.15) is 0 Å². The van der Waals surface area contributed by atoms with Gasteiger partial charge in [-0.05, 0) is 62.9 Å². The zero-order valence-corrected chi connectivity index (χ0v) is 23.1. The lowest BCUT2D eigenvalue weighted by Gasteiger charge is -2.09. The van der Waals surface area contributed by atoms with Crippen LogP contribution in [0.25, 0.3) is 66.1 Å². The van der Waals surface area contributed by atoms with Crippen LogP contribution in [-0.4, -0.2) is 0 Å². The molecule has 0 bridgehead atoms. The second kappa shape index (κ2) is 10.2. The van der Waals surface area contributed by atoms with E-state index >= 15 is 0 Å². The summed E-state index contributed by atoms with van der Waals surface area (Å²) in [7, 11) is 0. The molecule has 8 rings (SSSR count). The predicted octanol–water partition coefficient (Wildman–Crippen LogP) is 11.3. The highest BCUT2D eigenvalue weighted by Gasteiger charge is 2.14. The van der Waals surface area contributed by atoms with Crippen LogP contribution in [0.4, 0.5) is 0 Å². The summed E-state index contributed by atoms with van der Waals surface area (Å²) in [5, 5.41) is 4.65. The predicted molar refractivity (Wildman–Crippen MR) is 177 cm³/mol. The van der Waals surface area contributed by atoms with Gasteiger partial charge < -0.3 is 4.42 Å². The smallest absolute Gasteiger partial charge is 0.143 e. The number of rotatable bonds is 5. The summed E-state index contributed by atoms with van der Waals surface area (Å²) in [5.41, 5.74) is 11.7. The maximum absolute atomic E-state index is 6.62. The van der Waals surface area contributed by atoms with Crippen LogP contribution < -0.4 is 0 Å². The van der Waals surface area contributed by atoms with Gasteiger partial charge in [0.2, 0.25) is 0 Å². The van der Waals surface area contributed by atoms with Gasteiger partial charge in [0.15, 0.2) is 0 Å². The molecule has 0 spiro atoms. The van der Waals surface area contributed by atoms with Gasteiger partial charge in [-0.15, -0.1) is 0 Å². The average molecular weight is 537 g/mol. The summed E-state index contributed by atoms with van der Waals surface area (Å²) in [5.74, 6) is 0. The molecule has 0 N–H and O–H groups in total. The summed E-state index contributed by atoms with van der Waals surface area (Å²) in [6, 6.07) is 56.5. The van der Waals surface area contributed by atoms with Crippen molar-refractivity contribution in [3.63, 3.8) is 0 Å². The third-order valence-corrected chi connectivity index (χ3v) is 8.29. The molecule has 0 unspecified atom stereocenters. The van der Waals surface area contributed by atoms with E-state index in [0.29, 0.717) is 0 Å². The fraction of sp³-hybridized carbons (Fsp3) is 0.0244. The minimum atomic E-state index is 0.898. The van der Waals surface area contributed by atoms with Crippen molar-refractivity contribution in [1.82, 2.24) is 0 Å². The van der Waals surface area contributed by atoms with Gasteiger partial charge in [-0.1, -0.05) is 146 Å². The monoisotopic (exact) mass is 536 g/mol. The zero-order chi connectivity index (χ0) is 27.9. The topological polar surface area (TPSA) is 13.1 Å². The molecule has 0 aliphatic rings. The minimum absolute atomic E-state index is 0.898. The number of furan rings is 1. The van der Waals surface area contributed by atoms with Crippen LogP contribution in [-0.2, 0) is 6.42 Å². The lowest BCUT2D eigenvalue weighted by Crippen LogP contribution is -1.90. The summed E-state index contributed by atoms with van der Waals surface area (Å²) in [6.07, 6.45) is 0.898. The highest BCUT2D eigenvalue weighted by atomic mass is 16.3. The summed E-state index contributed by atoms with van der Waals surface area (Å²) in [4.78, 5) is 0. The van der Waals surface area contributed by atoms with E-state index in [-0.39, 0.29) is 0 Å². The summed E-state index contributed by atoms with van der Waals surface area (Å²) >= 11 is 0. The third kappa shape index (κ3) is 4.36. The molecule has 0 amide bonds. The fourth-order valence-electron chi connectivity index (χ4n) is 6.16. The van der Waals surface area contributed by atoms with E-state index in [4.69, 9.17) is 4.42 Å². The van der Waals surface area contributed by atoms with Crippen molar-refractivity contribution in [3.05, 3.63) is 169 Å². The molecule has 0 aliphatic carbocycles. The van der Waals surface area contributed by atoms with Crippen LogP contribution in [0, 0.1) is 0 Å². The van der Waals surface area contributed by atoms with E-state index in [0.717, 1.165) is 44.9 Å². The number of para-hydroxylation sites is 1. The number of benzene rings is 7. The SMILES string of the molecule is c1ccc(-c2ccc(Cc3cccc(-c4cccc(-c5cccc6c5oc5c7ccccc7ccc65)c4)c3)cc2)cc1. The Hall–Kier alpha value is -5.40. The van der Waals surface area contributed by atoms with Crippen molar-refractivity contribution >= 4 is 32.7 Å². The van der Waals surface area contributed by atoms with Crippen LogP contribution in [0.2, 0.25) is 0 Å². The largest absolute Gasteiger partial charge is 0.455 e. The molecule has 0 saturated heterocycles. The van der Waals surface area contributed by atoms with E-state index in [9.17, 15) is 0 Å². The van der Waals surface area contributed by atoms with Crippen LogP contribution in [0.15, 0.2) is 162 Å². The maximum Gasteiger partial charge on any atom is 0.143 e. The Morgan fingerprint density at radius 3 is 1.88 bits per heavy atom. The Kier molecular flexibility index (Phi) is 5.93. The molecule has 198 valence electrons. The van der Waals surface area contributed by atoms with Crippen molar-refractivity contribution in [2.45, 2.75) is 6.42 Å². The summed E-state index contributed by atoms with van der Waals surface area (Å²) in [6.45, 7) is 0. The first kappa shape index (κ1) is 24.4. The molecule has 0 radical (unpaired) electrons. The highest BCUT2D eigenvalue weighted by molar-refractivity contribution is 6.17. The maximum atomic E-state index is 6.62. The second-order valence-corrected chi connectivity index (χ2v) is 11.0. The van der Waals surface area contributed by atoms with Crippen molar-refractivity contribution in [2.75, 3.05) is 0 Å². The number of hydrogen-bond acceptors (Lipinski definition) is 1. The lowest BCUT2D eigenvalue weighted by atomic mass is 9.95. The van der Waals surface area contributed by atoms with E-state index in [1.54, 1.807) is 0 Å². The van der Waals surface area contributed by atoms with E-state index < -0.39 is 0 Å². The zero-order valence-electron chi connectivity index (χ0n) is 23.1. The number of hydrogen-bond donors (Lipinski definition) is 0. The van der Waals surface area contributed by atoms with E-state index in [1.165, 1.54) is 38.8 Å². The molecule has 1 nitrogen and oxygen atoms in total. The van der Waals surface area contributed by atoms with Crippen molar-refractivity contribution < 1.29 is 4.42 Å². The van der Waals surface area contributed by atoms with Crippen LogP contribution in [0.1, 0.15) is 11.1 Å². The molecule has 8 aromatic rings. The van der Waals surface area contributed by atoms with Gasteiger partial charge >= 0.3 is 0 Å². The van der Waals surface area contributed by atoms with Crippen LogP contribution in [0.3, 0.4) is 0 Å². The van der Waals surface area contributed by atoms with Crippen molar-refractivity contribution in [3.8, 4) is 33.4 Å². The number of fused-ring (bicyclic) bond motifs is 5. The Labute approximate surface area is 245 Å². The molecule has 42 heavy (non-hydrogen) atoms. The summed E-state index contributed by atoms with van der Waals surface area (Å²) < 4.78 is 6.62. The molecule has 0 aliphatic heterocycles. The molecular formula is C41H28O. The first-order valence-electron chi connectivity index (χ1n) is 14.5. The van der Waals surface area contributed by atoms with Crippen LogP contribution >= 0.6 is 0 Å². The highest BCUT2D eigenvalue weighted by Crippen LogP contribution is 2.39. The van der Waals surface area contributed by atoms with Gasteiger partial charge in [0.05, 0.1) is 0 Å². The van der Waals surface area contributed by atoms with Gasteiger partial charge in [0.25, 0.3) is 0 Å². The molecule has 1 heterocycles. The molecule has 1 aromatic heterocycles. The van der Waals surface area contributed by atoms with Gasteiger partial charge in [-0.25, -0.2) is 0 Å². The quantitative estimate of drug-likeness (QED) is 0.213. The Balaban J connectivity index is 1.13. The molecule has 0 saturated carbocycles. The van der Waals surface area contributed by atoms with E-state index in [2.05, 4.69) is 158 Å². The van der Waals surface area contributed by atoms with E-state index in [1.807, 2.05) is 0 Å².